The first-order valence-corrected chi connectivity index (χ1v) is 8.95. The molecule has 4 nitrogen and oxygen atoms in total. The van der Waals surface area contributed by atoms with E-state index < -0.39 is 23.6 Å². The van der Waals surface area contributed by atoms with Crippen molar-refractivity contribution < 1.29 is 27.5 Å². The summed E-state index contributed by atoms with van der Waals surface area (Å²) in [6.07, 6.45) is -4.61. The van der Waals surface area contributed by atoms with Crippen molar-refractivity contribution in [3.05, 3.63) is 57.9 Å². The largest absolute Gasteiger partial charge is 0.463 e. The van der Waals surface area contributed by atoms with Crippen LogP contribution in [0, 0.1) is 0 Å². The maximum atomic E-state index is 13.6. The van der Waals surface area contributed by atoms with E-state index in [1.54, 1.807) is 13.8 Å². The summed E-state index contributed by atoms with van der Waals surface area (Å²) in [5.74, 6) is -1.49. The molecule has 0 spiro atoms. The molecule has 0 bridgehead atoms. The molecule has 0 fully saturated rings. The molecule has 2 heterocycles. The smallest absolute Gasteiger partial charge is 0.416 e. The molecule has 1 aromatic rings. The fourth-order valence-corrected chi connectivity index (χ4v) is 4.16. The third-order valence-corrected chi connectivity index (χ3v) is 5.20. The van der Waals surface area contributed by atoms with Gasteiger partial charge < -0.3 is 10.1 Å². The fourth-order valence-electron chi connectivity index (χ4n) is 3.26. The van der Waals surface area contributed by atoms with Crippen LogP contribution in [-0.4, -0.2) is 23.4 Å². The van der Waals surface area contributed by atoms with Crippen LogP contribution in [0.3, 0.4) is 0 Å². The van der Waals surface area contributed by atoms with Gasteiger partial charge in [0.2, 0.25) is 5.12 Å². The molecule has 1 aromatic carbocycles. The molecule has 2 aliphatic heterocycles. The second-order valence-corrected chi connectivity index (χ2v) is 6.82. The number of carbonyl (C=O) groups excluding carboxylic acids is 2. The number of nitrogens with one attached hydrogen (secondary N) is 1. The van der Waals surface area contributed by atoms with Gasteiger partial charge in [0.1, 0.15) is 0 Å². The first kappa shape index (κ1) is 18.6. The second-order valence-electron chi connectivity index (χ2n) is 5.87. The molecule has 0 saturated carbocycles. The van der Waals surface area contributed by atoms with E-state index in [9.17, 15) is 22.8 Å². The predicted octanol–water partition coefficient (Wildman–Crippen LogP) is 3.76. The van der Waals surface area contributed by atoms with Gasteiger partial charge in [0.05, 0.1) is 17.7 Å². The molecule has 8 heteroatoms. The molecular formula is C18H16F3NO3S. The minimum Gasteiger partial charge on any atom is -0.463 e. The maximum absolute atomic E-state index is 13.6. The number of dihydropyridines is 1. The van der Waals surface area contributed by atoms with Gasteiger partial charge in [-0.3, -0.25) is 4.79 Å². The number of rotatable bonds is 3. The number of ether oxygens (including phenoxy) is 1. The Morgan fingerprint density at radius 1 is 1.35 bits per heavy atom. The second kappa shape index (κ2) is 6.83. The van der Waals surface area contributed by atoms with Crippen molar-refractivity contribution in [2.24, 2.45) is 0 Å². The van der Waals surface area contributed by atoms with E-state index in [0.29, 0.717) is 17.1 Å². The normalized spacial score (nSPS) is 20.2. The van der Waals surface area contributed by atoms with Gasteiger partial charge in [0.25, 0.3) is 0 Å². The molecular weight excluding hydrogens is 367 g/mol. The van der Waals surface area contributed by atoms with Crippen molar-refractivity contribution in [1.29, 1.82) is 0 Å². The van der Waals surface area contributed by atoms with Gasteiger partial charge in [0, 0.05) is 28.6 Å². The van der Waals surface area contributed by atoms with E-state index in [1.807, 2.05) is 0 Å². The monoisotopic (exact) mass is 383 g/mol. The number of allylic oxidation sites excluding steroid dienone is 1. The molecule has 0 aromatic heterocycles. The maximum Gasteiger partial charge on any atom is 0.416 e. The van der Waals surface area contributed by atoms with Crippen LogP contribution in [0.2, 0.25) is 0 Å². The van der Waals surface area contributed by atoms with Crippen LogP contribution in [0.1, 0.15) is 30.9 Å². The Balaban J connectivity index is 2.24. The number of carbonyl (C=O) groups is 2. The van der Waals surface area contributed by atoms with E-state index in [1.165, 1.54) is 18.2 Å². The van der Waals surface area contributed by atoms with E-state index in [2.05, 4.69) is 5.32 Å². The number of thioether (sulfide) groups is 1. The number of hydrogen-bond donors (Lipinski definition) is 1. The summed E-state index contributed by atoms with van der Waals surface area (Å²) >= 11 is 1.01. The van der Waals surface area contributed by atoms with Crippen LogP contribution in [0.15, 0.2) is 46.8 Å². The van der Waals surface area contributed by atoms with Gasteiger partial charge in [-0.2, -0.15) is 13.2 Å². The molecule has 0 aliphatic carbocycles. The summed E-state index contributed by atoms with van der Waals surface area (Å²) in [7, 11) is 0. The van der Waals surface area contributed by atoms with Crippen LogP contribution in [0.5, 0.6) is 0 Å². The Morgan fingerprint density at radius 2 is 2.04 bits per heavy atom. The predicted molar refractivity (Wildman–Crippen MR) is 91.1 cm³/mol. The third-order valence-electron chi connectivity index (χ3n) is 4.28. The summed E-state index contributed by atoms with van der Waals surface area (Å²) < 4.78 is 45.7. The molecule has 0 radical (unpaired) electrons. The number of halogens is 3. The van der Waals surface area contributed by atoms with Crippen molar-refractivity contribution in [3.63, 3.8) is 0 Å². The Morgan fingerprint density at radius 3 is 2.69 bits per heavy atom. The lowest BCUT2D eigenvalue weighted by atomic mass is 9.79. The van der Waals surface area contributed by atoms with Crippen LogP contribution in [-0.2, 0) is 20.5 Å². The molecule has 2 aliphatic rings. The summed E-state index contributed by atoms with van der Waals surface area (Å²) in [4.78, 5) is 24.9. The van der Waals surface area contributed by atoms with Gasteiger partial charge in [-0.15, -0.1) is 0 Å². The molecule has 0 saturated heterocycles. The number of hydrogen-bond acceptors (Lipinski definition) is 5. The van der Waals surface area contributed by atoms with Crippen molar-refractivity contribution in [2.75, 3.05) is 12.4 Å². The van der Waals surface area contributed by atoms with Crippen molar-refractivity contribution in [1.82, 2.24) is 5.32 Å². The highest BCUT2D eigenvalue weighted by atomic mass is 32.2. The van der Waals surface area contributed by atoms with Crippen molar-refractivity contribution in [3.8, 4) is 0 Å². The van der Waals surface area contributed by atoms with E-state index in [0.717, 1.165) is 17.8 Å². The zero-order valence-corrected chi connectivity index (χ0v) is 14.9. The number of esters is 1. The van der Waals surface area contributed by atoms with Gasteiger partial charge >= 0.3 is 12.1 Å². The van der Waals surface area contributed by atoms with Crippen LogP contribution >= 0.6 is 11.8 Å². The molecule has 3 rings (SSSR count). The van der Waals surface area contributed by atoms with Crippen LogP contribution < -0.4 is 5.32 Å². The molecule has 1 atom stereocenters. The SMILES string of the molecule is CCOC(=O)C1=C(C)NC2=C(C(=O)SC2)C1c1ccccc1C(F)(F)F. The fraction of sp³-hybridized carbons (Fsp3) is 0.333. The van der Waals surface area contributed by atoms with Crippen molar-refractivity contribution >= 4 is 22.8 Å². The van der Waals surface area contributed by atoms with E-state index in [4.69, 9.17) is 4.74 Å². The molecule has 138 valence electrons. The quantitative estimate of drug-likeness (QED) is 0.806. The third kappa shape index (κ3) is 3.13. The molecule has 1 unspecified atom stereocenters. The van der Waals surface area contributed by atoms with Gasteiger partial charge in [-0.25, -0.2) is 4.79 Å². The summed E-state index contributed by atoms with van der Waals surface area (Å²) in [6.45, 7) is 3.30. The minimum absolute atomic E-state index is 0.0400. The standard InChI is InChI=1S/C18H16F3NO3S/c1-3-25-16(23)13-9(2)22-12-8-26-17(24)15(12)14(13)10-6-4-5-7-11(10)18(19,20)21/h4-7,14,22H,3,8H2,1-2H3. The lowest BCUT2D eigenvalue weighted by Crippen LogP contribution is -2.31. The lowest BCUT2D eigenvalue weighted by molar-refractivity contribution is -0.140. The average Bonchev–Trinajstić information content (AvgIpc) is 2.93. The Hall–Kier alpha value is -2.22. The van der Waals surface area contributed by atoms with Crippen LogP contribution in [0.4, 0.5) is 13.2 Å². The van der Waals surface area contributed by atoms with Crippen LogP contribution in [0.25, 0.3) is 0 Å². The summed E-state index contributed by atoms with van der Waals surface area (Å²) in [5.41, 5.74) is 0.204. The summed E-state index contributed by atoms with van der Waals surface area (Å²) in [6, 6.07) is 5.03. The number of alkyl halides is 3. The first-order chi connectivity index (χ1) is 12.3. The first-order valence-electron chi connectivity index (χ1n) is 7.96. The van der Waals surface area contributed by atoms with Gasteiger partial charge in [-0.05, 0) is 25.5 Å². The highest BCUT2D eigenvalue weighted by molar-refractivity contribution is 8.14. The highest BCUT2D eigenvalue weighted by Gasteiger charge is 2.44. The topological polar surface area (TPSA) is 55.4 Å². The highest BCUT2D eigenvalue weighted by Crippen LogP contribution is 2.47. The lowest BCUT2D eigenvalue weighted by Gasteiger charge is -2.30. The Kier molecular flexibility index (Phi) is 4.88. The zero-order chi connectivity index (χ0) is 19.1. The van der Waals surface area contributed by atoms with Gasteiger partial charge in [-0.1, -0.05) is 30.0 Å². The van der Waals surface area contributed by atoms with Gasteiger partial charge in [0.15, 0.2) is 0 Å². The minimum atomic E-state index is -4.61. The van der Waals surface area contributed by atoms with E-state index >= 15 is 0 Å². The molecule has 0 amide bonds. The average molecular weight is 383 g/mol. The summed E-state index contributed by atoms with van der Waals surface area (Å²) in [5, 5.41) is 2.66. The molecule has 26 heavy (non-hydrogen) atoms. The zero-order valence-electron chi connectivity index (χ0n) is 14.1. The van der Waals surface area contributed by atoms with E-state index in [-0.39, 0.29) is 28.4 Å². The number of benzene rings is 1. The Labute approximate surface area is 152 Å². The van der Waals surface area contributed by atoms with Crippen molar-refractivity contribution in [2.45, 2.75) is 25.9 Å². The molecule has 1 N–H and O–H groups in total. The Bertz CT molecular complexity index is 842.